The van der Waals surface area contributed by atoms with Gasteiger partial charge in [-0.1, -0.05) is 18.8 Å². The molecule has 1 aromatic heterocycles. The lowest BCUT2D eigenvalue weighted by molar-refractivity contribution is -0.694. The van der Waals surface area contributed by atoms with Crippen LogP contribution in [0.1, 0.15) is 20.0 Å². The van der Waals surface area contributed by atoms with Crippen LogP contribution in [0.5, 0.6) is 0 Å². The summed E-state index contributed by atoms with van der Waals surface area (Å²) in [6.45, 7) is 5.37. The molecule has 0 unspecified atom stereocenters. The van der Waals surface area contributed by atoms with Crippen molar-refractivity contribution in [3.05, 3.63) is 16.6 Å². The second-order valence-corrected chi connectivity index (χ2v) is 3.79. The van der Waals surface area contributed by atoms with Gasteiger partial charge in [0.2, 0.25) is 15.9 Å². The SMILES string of the molecule is C.CC[n+]1cscc1C.O=S(=O)([O-])O. The van der Waals surface area contributed by atoms with Crippen LogP contribution in [0.25, 0.3) is 0 Å². The van der Waals surface area contributed by atoms with Crippen LogP contribution in [0.4, 0.5) is 0 Å². The van der Waals surface area contributed by atoms with E-state index in [2.05, 4.69) is 29.3 Å². The fourth-order valence-corrected chi connectivity index (χ4v) is 1.53. The summed E-state index contributed by atoms with van der Waals surface area (Å²) in [6, 6.07) is 0. The first-order chi connectivity index (χ1) is 5.84. The minimum atomic E-state index is -4.92. The molecule has 0 aliphatic heterocycles. The maximum absolute atomic E-state index is 8.63. The summed E-state index contributed by atoms with van der Waals surface area (Å²) in [5.41, 5.74) is 3.49. The maximum atomic E-state index is 8.63. The average molecular weight is 241 g/mol. The Hall–Kier alpha value is -0.500. The molecule has 0 saturated heterocycles. The first-order valence-electron chi connectivity index (χ1n) is 3.45. The van der Waals surface area contributed by atoms with Crippen molar-refractivity contribution in [2.45, 2.75) is 27.8 Å². The van der Waals surface area contributed by atoms with Crippen molar-refractivity contribution in [1.82, 2.24) is 0 Å². The Morgan fingerprint density at radius 3 is 2.21 bits per heavy atom. The normalized spacial score (nSPS) is 9.71. The van der Waals surface area contributed by atoms with Crippen LogP contribution >= 0.6 is 11.3 Å². The van der Waals surface area contributed by atoms with E-state index in [1.54, 1.807) is 11.3 Å². The van der Waals surface area contributed by atoms with Crippen molar-refractivity contribution in [3.8, 4) is 0 Å². The zero-order chi connectivity index (χ0) is 10.5. The molecule has 0 aromatic carbocycles. The second-order valence-electron chi connectivity index (χ2n) is 2.21. The summed E-state index contributed by atoms with van der Waals surface area (Å²) in [5.74, 6) is 0. The Balaban J connectivity index is 0. The molecular formula is C7H15NO4S2. The molecule has 0 bridgehead atoms. The standard InChI is InChI=1S/C6H10NS.CH4.H2O4S/c1-3-7-5-8-4-6(7)2;;1-5(2,3)4/h4-5H,3H2,1-2H3;1H4;(H2,1,2,3,4)/q+1;;/p-1. The van der Waals surface area contributed by atoms with Gasteiger partial charge in [0.1, 0.15) is 6.54 Å². The summed E-state index contributed by atoms with van der Waals surface area (Å²) < 4.78 is 35.1. The van der Waals surface area contributed by atoms with E-state index in [1.807, 2.05) is 0 Å². The fraction of sp³-hybridized carbons (Fsp3) is 0.571. The monoisotopic (exact) mass is 241 g/mol. The first-order valence-corrected chi connectivity index (χ1v) is 5.76. The Bertz CT molecular complexity index is 336. The van der Waals surface area contributed by atoms with E-state index in [0.29, 0.717) is 0 Å². The van der Waals surface area contributed by atoms with Crippen molar-refractivity contribution >= 4 is 21.7 Å². The Morgan fingerprint density at radius 1 is 1.64 bits per heavy atom. The van der Waals surface area contributed by atoms with Crippen molar-refractivity contribution in [2.75, 3.05) is 0 Å². The Kier molecular flexibility index (Phi) is 7.84. The third-order valence-corrected chi connectivity index (χ3v) is 2.07. The second kappa shape index (κ2) is 6.88. The topological polar surface area (TPSA) is 81.3 Å². The van der Waals surface area contributed by atoms with Gasteiger partial charge in [0.25, 0.3) is 0 Å². The van der Waals surface area contributed by atoms with Crippen molar-refractivity contribution in [1.29, 1.82) is 0 Å². The van der Waals surface area contributed by atoms with Crippen LogP contribution in [-0.2, 0) is 16.9 Å². The van der Waals surface area contributed by atoms with E-state index in [4.69, 9.17) is 17.5 Å². The number of hydrogen-bond acceptors (Lipinski definition) is 4. The molecule has 0 atom stereocenters. The lowest BCUT2D eigenvalue weighted by Crippen LogP contribution is -2.31. The van der Waals surface area contributed by atoms with Gasteiger partial charge in [-0.25, -0.2) is 8.42 Å². The van der Waals surface area contributed by atoms with Gasteiger partial charge in [-0.2, -0.15) is 4.57 Å². The molecule has 1 rings (SSSR count). The van der Waals surface area contributed by atoms with Gasteiger partial charge in [0.05, 0.1) is 5.38 Å². The Labute approximate surface area is 88.6 Å². The molecule has 1 heterocycles. The largest absolute Gasteiger partial charge is 0.726 e. The zero-order valence-corrected chi connectivity index (χ0v) is 8.93. The maximum Gasteiger partial charge on any atom is 0.224 e. The molecular weight excluding hydrogens is 226 g/mol. The molecule has 0 fully saturated rings. The summed E-state index contributed by atoms with van der Waals surface area (Å²) in [7, 11) is -4.92. The van der Waals surface area contributed by atoms with Crippen molar-refractivity contribution in [3.63, 3.8) is 0 Å². The van der Waals surface area contributed by atoms with E-state index in [-0.39, 0.29) is 7.43 Å². The molecule has 84 valence electrons. The van der Waals surface area contributed by atoms with Gasteiger partial charge in [0, 0.05) is 6.92 Å². The van der Waals surface area contributed by atoms with E-state index < -0.39 is 10.4 Å². The zero-order valence-electron chi connectivity index (χ0n) is 7.30. The molecule has 7 heteroatoms. The van der Waals surface area contributed by atoms with E-state index >= 15 is 0 Å². The van der Waals surface area contributed by atoms with Crippen molar-refractivity contribution in [2.24, 2.45) is 0 Å². The minimum Gasteiger partial charge on any atom is -0.726 e. The minimum absolute atomic E-state index is 0. The highest BCUT2D eigenvalue weighted by molar-refractivity contribution is 7.79. The number of aromatic nitrogens is 1. The predicted molar refractivity (Wildman–Crippen MR) is 54.0 cm³/mol. The average Bonchev–Trinajstić information content (AvgIpc) is 2.31. The first kappa shape index (κ1) is 15.9. The highest BCUT2D eigenvalue weighted by atomic mass is 32.3. The van der Waals surface area contributed by atoms with Gasteiger partial charge in [0.15, 0.2) is 5.69 Å². The smallest absolute Gasteiger partial charge is 0.224 e. The van der Waals surface area contributed by atoms with Gasteiger partial charge < -0.3 is 4.55 Å². The summed E-state index contributed by atoms with van der Waals surface area (Å²) in [4.78, 5) is 0. The van der Waals surface area contributed by atoms with E-state index in [0.717, 1.165) is 6.54 Å². The number of aryl methyl sites for hydroxylation is 2. The Morgan fingerprint density at radius 2 is 2.07 bits per heavy atom. The van der Waals surface area contributed by atoms with Crippen LogP contribution < -0.4 is 4.57 Å². The summed E-state index contributed by atoms with van der Waals surface area (Å²) in [6.07, 6.45) is 0. The highest BCUT2D eigenvalue weighted by Crippen LogP contribution is 1.94. The molecule has 0 radical (unpaired) electrons. The van der Waals surface area contributed by atoms with Crippen LogP contribution in [0.15, 0.2) is 10.9 Å². The van der Waals surface area contributed by atoms with Gasteiger partial charge in [-0.3, -0.25) is 4.55 Å². The number of hydrogen-bond donors (Lipinski definition) is 1. The van der Waals surface area contributed by atoms with Crippen LogP contribution in [0.2, 0.25) is 0 Å². The predicted octanol–water partition coefficient (Wildman–Crippen LogP) is 1.00. The third kappa shape index (κ3) is 9.59. The van der Waals surface area contributed by atoms with E-state index in [9.17, 15) is 0 Å². The van der Waals surface area contributed by atoms with Crippen LogP contribution in [0, 0.1) is 6.92 Å². The van der Waals surface area contributed by atoms with Gasteiger partial charge in [-0.05, 0) is 6.92 Å². The quantitative estimate of drug-likeness (QED) is 0.452. The highest BCUT2D eigenvalue weighted by Gasteiger charge is 2.00. The molecule has 1 N–H and O–H groups in total. The lowest BCUT2D eigenvalue weighted by Gasteiger charge is -1.88. The molecule has 1 aromatic rings. The lowest BCUT2D eigenvalue weighted by atomic mass is 10.5. The third-order valence-electron chi connectivity index (χ3n) is 1.22. The van der Waals surface area contributed by atoms with Crippen molar-refractivity contribution < 1.29 is 22.1 Å². The molecule has 0 aliphatic carbocycles. The molecule has 0 amide bonds. The number of rotatable bonds is 1. The van der Waals surface area contributed by atoms with Gasteiger partial charge in [-0.15, -0.1) is 0 Å². The molecule has 5 nitrogen and oxygen atoms in total. The molecule has 14 heavy (non-hydrogen) atoms. The summed E-state index contributed by atoms with van der Waals surface area (Å²) in [5, 5.41) is 2.16. The van der Waals surface area contributed by atoms with Gasteiger partial charge >= 0.3 is 0 Å². The van der Waals surface area contributed by atoms with E-state index in [1.165, 1.54) is 5.69 Å². The number of thiazole rings is 1. The number of nitrogens with zero attached hydrogens (tertiary/aromatic N) is 1. The molecule has 0 aliphatic rings. The fourth-order valence-electron chi connectivity index (χ4n) is 0.677. The van der Waals surface area contributed by atoms with Crippen LogP contribution in [0.3, 0.4) is 0 Å². The molecule has 0 spiro atoms. The molecule has 0 saturated carbocycles. The van der Waals surface area contributed by atoms with Crippen LogP contribution in [-0.4, -0.2) is 17.5 Å². The summed E-state index contributed by atoms with van der Waals surface area (Å²) >= 11 is 1.75.